The Hall–Kier alpha value is -1.73. The van der Waals surface area contributed by atoms with Crippen molar-refractivity contribution in [2.24, 2.45) is 0 Å². The molecule has 6 nitrogen and oxygen atoms in total. The molecule has 0 bridgehead atoms. The number of likely N-dealkylation sites (N-methyl/N-ethyl adjacent to an activating group) is 1. The Balaban J connectivity index is 2.42. The monoisotopic (exact) mass is 310 g/mol. The van der Waals surface area contributed by atoms with E-state index >= 15 is 0 Å². The van der Waals surface area contributed by atoms with Crippen molar-refractivity contribution in [3.8, 4) is 0 Å². The molecule has 1 aliphatic heterocycles. The first-order valence-corrected chi connectivity index (χ1v) is 8.13. The van der Waals surface area contributed by atoms with Gasteiger partial charge in [0.05, 0.1) is 11.4 Å². The second-order valence-corrected chi connectivity index (χ2v) is 7.06. The van der Waals surface area contributed by atoms with Crippen molar-refractivity contribution in [1.29, 1.82) is 0 Å². The SMILES string of the molecule is CC(=O)N1CCCc2cc(S(=O)(=O)N(C)CC=O)ccc21. The number of hydrogen-bond acceptors (Lipinski definition) is 4. The number of carbonyl (C=O) groups is 2. The van der Waals surface area contributed by atoms with E-state index in [9.17, 15) is 18.0 Å². The van der Waals surface area contributed by atoms with Gasteiger partial charge in [0.2, 0.25) is 15.9 Å². The number of aryl methyl sites for hydroxylation is 1. The van der Waals surface area contributed by atoms with Gasteiger partial charge in [-0.1, -0.05) is 0 Å². The topological polar surface area (TPSA) is 74.8 Å². The lowest BCUT2D eigenvalue weighted by atomic mass is 10.0. The molecule has 7 heteroatoms. The summed E-state index contributed by atoms with van der Waals surface area (Å²) in [5, 5.41) is 0. The van der Waals surface area contributed by atoms with Gasteiger partial charge in [-0.25, -0.2) is 8.42 Å². The second-order valence-electron chi connectivity index (χ2n) is 5.02. The summed E-state index contributed by atoms with van der Waals surface area (Å²) in [6.07, 6.45) is 2.09. The van der Waals surface area contributed by atoms with Crippen LogP contribution in [-0.2, 0) is 26.0 Å². The van der Waals surface area contributed by atoms with E-state index in [0.717, 1.165) is 28.4 Å². The van der Waals surface area contributed by atoms with Gasteiger partial charge in [0, 0.05) is 26.2 Å². The van der Waals surface area contributed by atoms with Gasteiger partial charge >= 0.3 is 0 Å². The van der Waals surface area contributed by atoms with Gasteiger partial charge < -0.3 is 9.69 Å². The first kappa shape index (κ1) is 15.7. The molecule has 0 atom stereocenters. The van der Waals surface area contributed by atoms with E-state index in [1.807, 2.05) is 0 Å². The smallest absolute Gasteiger partial charge is 0.243 e. The van der Waals surface area contributed by atoms with Crippen LogP contribution in [-0.4, -0.2) is 45.1 Å². The first-order valence-electron chi connectivity index (χ1n) is 6.69. The maximum atomic E-state index is 12.3. The zero-order chi connectivity index (χ0) is 15.6. The van der Waals surface area contributed by atoms with Crippen LogP contribution in [0.2, 0.25) is 0 Å². The minimum Gasteiger partial charge on any atom is -0.312 e. The standard InChI is InChI=1S/C14H18N2O4S/c1-11(18)16-7-3-4-12-10-13(5-6-14(12)16)21(19,20)15(2)8-9-17/h5-6,9-10H,3-4,7-8H2,1-2H3. The second kappa shape index (κ2) is 5.95. The predicted octanol–water partition coefficient (Wildman–Crippen LogP) is 0.805. The van der Waals surface area contributed by atoms with E-state index in [-0.39, 0.29) is 17.3 Å². The molecule has 114 valence electrons. The maximum absolute atomic E-state index is 12.3. The number of rotatable bonds is 4. The van der Waals surface area contributed by atoms with E-state index in [1.54, 1.807) is 17.0 Å². The number of carbonyl (C=O) groups excluding carboxylic acids is 2. The van der Waals surface area contributed by atoms with Crippen LogP contribution in [0.1, 0.15) is 18.9 Å². The molecule has 1 aliphatic rings. The van der Waals surface area contributed by atoms with Crippen LogP contribution < -0.4 is 4.90 Å². The molecule has 0 aliphatic carbocycles. The maximum Gasteiger partial charge on any atom is 0.243 e. The molecule has 2 rings (SSSR count). The molecule has 21 heavy (non-hydrogen) atoms. The summed E-state index contributed by atoms with van der Waals surface area (Å²) in [7, 11) is -2.31. The summed E-state index contributed by atoms with van der Waals surface area (Å²) in [4.78, 5) is 23.9. The number of benzene rings is 1. The lowest BCUT2D eigenvalue weighted by Crippen LogP contribution is -2.34. The molecule has 0 fully saturated rings. The Labute approximate surface area is 124 Å². The van der Waals surface area contributed by atoms with Crippen LogP contribution >= 0.6 is 0 Å². The fourth-order valence-electron chi connectivity index (χ4n) is 2.44. The number of hydrogen-bond donors (Lipinski definition) is 0. The Kier molecular flexibility index (Phi) is 4.43. The molecule has 0 N–H and O–H groups in total. The van der Waals surface area contributed by atoms with Gasteiger partial charge in [-0.05, 0) is 36.6 Å². The molecular weight excluding hydrogens is 292 g/mol. The zero-order valence-electron chi connectivity index (χ0n) is 12.1. The van der Waals surface area contributed by atoms with E-state index in [4.69, 9.17) is 0 Å². The zero-order valence-corrected chi connectivity index (χ0v) is 12.9. The van der Waals surface area contributed by atoms with Crippen LogP contribution in [0.5, 0.6) is 0 Å². The molecular formula is C14H18N2O4S. The Morgan fingerprint density at radius 3 is 2.76 bits per heavy atom. The van der Waals surface area contributed by atoms with Crippen molar-refractivity contribution >= 4 is 27.9 Å². The fourth-order valence-corrected chi connectivity index (χ4v) is 3.59. The highest BCUT2D eigenvalue weighted by Crippen LogP contribution is 2.30. The summed E-state index contributed by atoms with van der Waals surface area (Å²) >= 11 is 0. The molecule has 0 saturated carbocycles. The van der Waals surface area contributed by atoms with Crippen LogP contribution in [0.15, 0.2) is 23.1 Å². The molecule has 0 radical (unpaired) electrons. The van der Waals surface area contributed by atoms with Crippen molar-refractivity contribution < 1.29 is 18.0 Å². The summed E-state index contributed by atoms with van der Waals surface area (Å²) in [6, 6.07) is 4.75. The fraction of sp³-hybridized carbons (Fsp3) is 0.429. The van der Waals surface area contributed by atoms with Gasteiger partial charge in [0.15, 0.2) is 0 Å². The lowest BCUT2D eigenvalue weighted by Gasteiger charge is -2.29. The van der Waals surface area contributed by atoms with Gasteiger partial charge in [-0.15, -0.1) is 0 Å². The summed E-state index contributed by atoms with van der Waals surface area (Å²) in [5.41, 5.74) is 1.61. The summed E-state index contributed by atoms with van der Waals surface area (Å²) in [5.74, 6) is -0.0513. The quantitative estimate of drug-likeness (QED) is 0.771. The lowest BCUT2D eigenvalue weighted by molar-refractivity contribution is -0.116. The van der Waals surface area contributed by atoms with Crippen LogP contribution in [0.25, 0.3) is 0 Å². The van der Waals surface area contributed by atoms with Crippen LogP contribution in [0.3, 0.4) is 0 Å². The average Bonchev–Trinajstić information content (AvgIpc) is 2.46. The third-order valence-electron chi connectivity index (χ3n) is 3.59. The molecule has 1 amide bonds. The number of amides is 1. The van der Waals surface area contributed by atoms with Gasteiger partial charge in [-0.3, -0.25) is 4.79 Å². The number of fused-ring (bicyclic) bond motifs is 1. The molecule has 0 unspecified atom stereocenters. The Morgan fingerprint density at radius 2 is 2.14 bits per heavy atom. The van der Waals surface area contributed by atoms with Crippen molar-refractivity contribution in [2.45, 2.75) is 24.7 Å². The van der Waals surface area contributed by atoms with Crippen molar-refractivity contribution in [3.63, 3.8) is 0 Å². The molecule has 0 spiro atoms. The summed E-state index contributed by atoms with van der Waals surface area (Å²) < 4.78 is 25.6. The van der Waals surface area contributed by atoms with E-state index < -0.39 is 10.0 Å². The molecule has 1 aromatic rings. The molecule has 1 aromatic carbocycles. The Bertz CT molecular complexity index is 670. The third kappa shape index (κ3) is 2.98. The third-order valence-corrected chi connectivity index (χ3v) is 5.41. The Morgan fingerprint density at radius 1 is 1.43 bits per heavy atom. The van der Waals surface area contributed by atoms with E-state index in [2.05, 4.69) is 0 Å². The van der Waals surface area contributed by atoms with E-state index in [0.29, 0.717) is 12.8 Å². The minimum atomic E-state index is -3.67. The number of sulfonamides is 1. The van der Waals surface area contributed by atoms with Crippen molar-refractivity contribution in [3.05, 3.63) is 23.8 Å². The highest BCUT2D eigenvalue weighted by molar-refractivity contribution is 7.89. The average molecular weight is 310 g/mol. The van der Waals surface area contributed by atoms with Gasteiger partial charge in [0.25, 0.3) is 0 Å². The van der Waals surface area contributed by atoms with Crippen LogP contribution in [0.4, 0.5) is 5.69 Å². The number of aldehydes is 1. The highest BCUT2D eigenvalue weighted by atomic mass is 32.2. The molecule has 0 aromatic heterocycles. The minimum absolute atomic E-state index is 0.0513. The van der Waals surface area contributed by atoms with Crippen molar-refractivity contribution in [1.82, 2.24) is 4.31 Å². The van der Waals surface area contributed by atoms with Gasteiger partial charge in [0.1, 0.15) is 6.29 Å². The van der Waals surface area contributed by atoms with E-state index in [1.165, 1.54) is 20.0 Å². The van der Waals surface area contributed by atoms with Crippen molar-refractivity contribution in [2.75, 3.05) is 25.0 Å². The molecule has 0 saturated heterocycles. The first-order chi connectivity index (χ1) is 9.87. The highest BCUT2D eigenvalue weighted by Gasteiger charge is 2.25. The number of anilines is 1. The summed E-state index contributed by atoms with van der Waals surface area (Å²) in [6.45, 7) is 1.97. The van der Waals surface area contributed by atoms with Crippen LogP contribution in [0, 0.1) is 0 Å². The molecule has 1 heterocycles. The number of nitrogens with zero attached hydrogens (tertiary/aromatic N) is 2. The van der Waals surface area contributed by atoms with Gasteiger partial charge in [-0.2, -0.15) is 4.31 Å². The largest absolute Gasteiger partial charge is 0.312 e. The predicted molar refractivity (Wildman–Crippen MR) is 78.7 cm³/mol. The normalized spacial score (nSPS) is 14.9.